The molecule has 0 radical (unpaired) electrons. The maximum Gasteiger partial charge on any atom is 0.404 e. The monoisotopic (exact) mass is 276 g/mol. The van der Waals surface area contributed by atoms with Crippen LogP contribution in [0.15, 0.2) is 18.2 Å². The van der Waals surface area contributed by atoms with Crippen molar-refractivity contribution in [3.8, 4) is 0 Å². The molecular formula is C14H20N4O2. The molecule has 1 atom stereocenters. The molecule has 108 valence electrons. The van der Waals surface area contributed by atoms with Gasteiger partial charge in [0.05, 0.1) is 17.1 Å². The molecule has 2 rings (SSSR count). The van der Waals surface area contributed by atoms with Gasteiger partial charge in [0, 0.05) is 0 Å². The lowest BCUT2D eigenvalue weighted by atomic mass is 9.87. The van der Waals surface area contributed by atoms with Crippen LogP contribution in [0.4, 0.5) is 4.79 Å². The number of nitrogens with one attached hydrogen (secondary N) is 1. The normalized spacial score (nSPS) is 13.4. The Balaban J connectivity index is 2.27. The van der Waals surface area contributed by atoms with Gasteiger partial charge in [-0.2, -0.15) is 0 Å². The third-order valence-corrected chi connectivity index (χ3v) is 3.12. The number of fused-ring (bicyclic) bond motifs is 1. The lowest BCUT2D eigenvalue weighted by Gasteiger charge is -2.18. The molecule has 2 aromatic rings. The van der Waals surface area contributed by atoms with Crippen LogP contribution in [0.2, 0.25) is 0 Å². The molecule has 0 aliphatic carbocycles. The molecule has 0 spiro atoms. The average Bonchev–Trinajstić information content (AvgIpc) is 2.77. The Morgan fingerprint density at radius 1 is 1.45 bits per heavy atom. The van der Waals surface area contributed by atoms with Crippen LogP contribution in [-0.2, 0) is 10.2 Å². The fourth-order valence-electron chi connectivity index (χ4n) is 1.92. The van der Waals surface area contributed by atoms with Crippen LogP contribution in [0.5, 0.6) is 0 Å². The van der Waals surface area contributed by atoms with Crippen molar-refractivity contribution < 1.29 is 9.53 Å². The minimum absolute atomic E-state index is 0.00127. The van der Waals surface area contributed by atoms with Gasteiger partial charge in [-0.25, -0.2) is 9.78 Å². The lowest BCUT2D eigenvalue weighted by Crippen LogP contribution is -2.23. The zero-order valence-electron chi connectivity index (χ0n) is 11.9. The molecule has 0 unspecified atom stereocenters. The number of hydrogen-bond acceptors (Lipinski definition) is 4. The summed E-state index contributed by atoms with van der Waals surface area (Å²) < 4.78 is 4.69. The fourth-order valence-corrected chi connectivity index (χ4v) is 1.92. The van der Waals surface area contributed by atoms with Crippen molar-refractivity contribution in [3.05, 3.63) is 29.6 Å². The Morgan fingerprint density at radius 3 is 2.75 bits per heavy atom. The summed E-state index contributed by atoms with van der Waals surface area (Å²) in [6, 6.07) is 5.55. The predicted molar refractivity (Wildman–Crippen MR) is 77.3 cm³/mol. The maximum atomic E-state index is 10.6. The smallest absolute Gasteiger partial charge is 0.404 e. The van der Waals surface area contributed by atoms with Gasteiger partial charge in [0.25, 0.3) is 0 Å². The molecule has 1 heterocycles. The van der Waals surface area contributed by atoms with Gasteiger partial charge in [0.15, 0.2) is 0 Å². The number of nitrogens with zero attached hydrogens (tertiary/aromatic N) is 1. The highest BCUT2D eigenvalue weighted by molar-refractivity contribution is 5.76. The number of aromatic nitrogens is 2. The quantitative estimate of drug-likeness (QED) is 0.796. The number of ether oxygens (including phenoxy) is 1. The van der Waals surface area contributed by atoms with Crippen molar-refractivity contribution in [1.29, 1.82) is 0 Å². The van der Waals surface area contributed by atoms with E-state index in [0.717, 1.165) is 11.0 Å². The first-order valence-corrected chi connectivity index (χ1v) is 6.45. The third kappa shape index (κ3) is 3.08. The highest BCUT2D eigenvalue weighted by Gasteiger charge is 2.17. The Hall–Kier alpha value is -2.08. The summed E-state index contributed by atoms with van der Waals surface area (Å²) in [5.74, 6) is 0.576. The second kappa shape index (κ2) is 5.13. The number of aromatic amines is 1. The highest BCUT2D eigenvalue weighted by atomic mass is 16.5. The second-order valence-corrected chi connectivity index (χ2v) is 5.84. The van der Waals surface area contributed by atoms with E-state index in [1.165, 1.54) is 5.56 Å². The van der Waals surface area contributed by atoms with Crippen molar-refractivity contribution in [2.24, 2.45) is 11.5 Å². The SMILES string of the molecule is CC(C)(C)c1ccc2nc([C@H](N)COC(N)=O)[nH]c2c1. The van der Waals surface area contributed by atoms with Crippen molar-refractivity contribution in [3.63, 3.8) is 0 Å². The molecule has 0 aliphatic rings. The standard InChI is InChI=1S/C14H20N4O2/c1-14(2,3)8-4-5-10-11(6-8)18-12(17-10)9(15)7-20-13(16)19/h4-6,9H,7,15H2,1-3H3,(H2,16,19)(H,17,18)/t9-/m1/s1. The van der Waals surface area contributed by atoms with Gasteiger partial charge in [-0.15, -0.1) is 0 Å². The number of amides is 1. The van der Waals surface area contributed by atoms with E-state index < -0.39 is 12.1 Å². The molecule has 1 aromatic carbocycles. The van der Waals surface area contributed by atoms with Crippen molar-refractivity contribution >= 4 is 17.1 Å². The summed E-state index contributed by atoms with van der Waals surface area (Å²) >= 11 is 0. The van der Waals surface area contributed by atoms with Crippen molar-refractivity contribution in [2.45, 2.75) is 32.2 Å². The Bertz CT molecular complexity index is 628. The molecule has 0 fully saturated rings. The largest absolute Gasteiger partial charge is 0.448 e. The van der Waals surface area contributed by atoms with E-state index in [1.807, 2.05) is 6.07 Å². The number of rotatable bonds is 3. The molecule has 0 aliphatic heterocycles. The van der Waals surface area contributed by atoms with Crippen LogP contribution in [0.3, 0.4) is 0 Å². The van der Waals surface area contributed by atoms with E-state index in [4.69, 9.17) is 11.5 Å². The Morgan fingerprint density at radius 2 is 2.15 bits per heavy atom. The van der Waals surface area contributed by atoms with E-state index >= 15 is 0 Å². The van der Waals surface area contributed by atoms with Crippen LogP contribution in [0.25, 0.3) is 11.0 Å². The number of carbonyl (C=O) groups is 1. The summed E-state index contributed by atoms with van der Waals surface area (Å²) in [6.07, 6.45) is -0.841. The Kier molecular flexibility index (Phi) is 3.67. The summed E-state index contributed by atoms with van der Waals surface area (Å²) in [5, 5.41) is 0. The van der Waals surface area contributed by atoms with E-state index in [9.17, 15) is 4.79 Å². The summed E-state index contributed by atoms with van der Waals surface area (Å²) in [4.78, 5) is 18.1. The highest BCUT2D eigenvalue weighted by Crippen LogP contribution is 2.25. The van der Waals surface area contributed by atoms with Crippen LogP contribution < -0.4 is 11.5 Å². The first-order chi connectivity index (χ1) is 9.27. The molecule has 6 heteroatoms. The molecule has 6 nitrogen and oxygen atoms in total. The number of benzene rings is 1. The van der Waals surface area contributed by atoms with Gasteiger partial charge >= 0.3 is 6.09 Å². The zero-order chi connectivity index (χ0) is 14.9. The minimum Gasteiger partial charge on any atom is -0.448 e. The van der Waals surface area contributed by atoms with Crippen LogP contribution in [0.1, 0.15) is 38.2 Å². The number of hydrogen-bond donors (Lipinski definition) is 3. The number of carbonyl (C=O) groups excluding carboxylic acids is 1. The molecule has 0 bridgehead atoms. The summed E-state index contributed by atoms with van der Waals surface area (Å²) in [6.45, 7) is 6.45. The van der Waals surface area contributed by atoms with Gasteiger partial charge in [0.2, 0.25) is 0 Å². The van der Waals surface area contributed by atoms with Crippen LogP contribution in [-0.4, -0.2) is 22.7 Å². The maximum absolute atomic E-state index is 10.6. The van der Waals surface area contributed by atoms with Gasteiger partial charge in [-0.1, -0.05) is 26.8 Å². The van der Waals surface area contributed by atoms with E-state index in [-0.39, 0.29) is 12.0 Å². The number of H-pyrrole nitrogens is 1. The molecule has 5 N–H and O–H groups in total. The second-order valence-electron chi connectivity index (χ2n) is 5.84. The Labute approximate surface area is 117 Å². The molecule has 1 amide bonds. The number of nitrogens with two attached hydrogens (primary N) is 2. The lowest BCUT2D eigenvalue weighted by molar-refractivity contribution is 0.148. The minimum atomic E-state index is -0.841. The zero-order valence-corrected chi connectivity index (χ0v) is 11.9. The third-order valence-electron chi connectivity index (χ3n) is 3.12. The van der Waals surface area contributed by atoms with Crippen molar-refractivity contribution in [2.75, 3.05) is 6.61 Å². The van der Waals surface area contributed by atoms with Crippen LogP contribution in [0, 0.1) is 0 Å². The fraction of sp³-hybridized carbons (Fsp3) is 0.429. The molecule has 0 saturated carbocycles. The topological polar surface area (TPSA) is 107 Å². The van der Waals surface area contributed by atoms with Gasteiger partial charge < -0.3 is 21.2 Å². The number of primary amides is 1. The average molecular weight is 276 g/mol. The van der Waals surface area contributed by atoms with Gasteiger partial charge in [-0.05, 0) is 23.1 Å². The molecule has 1 aromatic heterocycles. The summed E-state index contributed by atoms with van der Waals surface area (Å²) in [7, 11) is 0. The first-order valence-electron chi connectivity index (χ1n) is 6.45. The van der Waals surface area contributed by atoms with Gasteiger partial charge in [0.1, 0.15) is 12.4 Å². The van der Waals surface area contributed by atoms with E-state index in [2.05, 4.69) is 47.6 Å². The van der Waals surface area contributed by atoms with Crippen LogP contribution >= 0.6 is 0 Å². The number of imidazole rings is 1. The predicted octanol–water partition coefficient (Wildman–Crippen LogP) is 1.96. The van der Waals surface area contributed by atoms with E-state index in [1.54, 1.807) is 0 Å². The van der Waals surface area contributed by atoms with Gasteiger partial charge in [-0.3, -0.25) is 0 Å². The molecule has 20 heavy (non-hydrogen) atoms. The van der Waals surface area contributed by atoms with E-state index in [0.29, 0.717) is 5.82 Å². The molecule has 0 saturated heterocycles. The van der Waals surface area contributed by atoms with Crippen molar-refractivity contribution in [1.82, 2.24) is 9.97 Å². The first kappa shape index (κ1) is 14.3. The summed E-state index contributed by atoms with van der Waals surface area (Å²) in [5.41, 5.74) is 13.8. The molecular weight excluding hydrogens is 256 g/mol.